The molecule has 96 valence electrons. The van der Waals surface area contributed by atoms with Crippen LogP contribution < -0.4 is 16.2 Å². The summed E-state index contributed by atoms with van der Waals surface area (Å²) < 4.78 is 5.67. The van der Waals surface area contributed by atoms with Gasteiger partial charge in [-0.1, -0.05) is 31.5 Å². The lowest BCUT2D eigenvalue weighted by Gasteiger charge is -2.18. The molecule has 1 rings (SSSR count). The van der Waals surface area contributed by atoms with Gasteiger partial charge in [-0.15, -0.1) is 0 Å². The lowest BCUT2D eigenvalue weighted by Crippen LogP contribution is -2.22. The Morgan fingerprint density at radius 3 is 2.59 bits per heavy atom. The number of benzene rings is 1. The maximum absolute atomic E-state index is 6.23. The smallest absolute Gasteiger partial charge is 0.142 e. The number of halogens is 1. The monoisotopic (exact) mass is 256 g/mol. The second kappa shape index (κ2) is 6.84. The van der Waals surface area contributed by atoms with Gasteiger partial charge in [-0.3, -0.25) is 0 Å². The predicted octanol–water partition coefficient (Wildman–Crippen LogP) is 2.65. The summed E-state index contributed by atoms with van der Waals surface area (Å²) in [6.45, 7) is 5.15. The van der Waals surface area contributed by atoms with Crippen molar-refractivity contribution in [2.75, 3.05) is 13.2 Å². The highest BCUT2D eigenvalue weighted by Crippen LogP contribution is 2.33. The summed E-state index contributed by atoms with van der Waals surface area (Å²) in [4.78, 5) is 0. The number of hydrogen-bond donors (Lipinski definition) is 2. The summed E-state index contributed by atoms with van der Waals surface area (Å²) >= 11 is 6.23. The van der Waals surface area contributed by atoms with Crippen molar-refractivity contribution in [1.29, 1.82) is 0 Å². The van der Waals surface area contributed by atoms with Crippen LogP contribution in [0, 0.1) is 0 Å². The zero-order valence-corrected chi connectivity index (χ0v) is 11.3. The van der Waals surface area contributed by atoms with Crippen molar-refractivity contribution in [2.24, 2.45) is 11.5 Å². The SMILES string of the molecule is CCCOc1c(Cl)cc(CC)cc1C(N)CN. The third-order valence-corrected chi connectivity index (χ3v) is 2.93. The number of ether oxygens (including phenoxy) is 1. The van der Waals surface area contributed by atoms with E-state index in [-0.39, 0.29) is 6.04 Å². The van der Waals surface area contributed by atoms with Crippen LogP contribution in [0.3, 0.4) is 0 Å². The minimum atomic E-state index is -0.231. The van der Waals surface area contributed by atoms with Crippen molar-refractivity contribution >= 4 is 11.6 Å². The van der Waals surface area contributed by atoms with Crippen LogP contribution >= 0.6 is 11.6 Å². The fraction of sp³-hybridized carbons (Fsp3) is 0.538. The van der Waals surface area contributed by atoms with E-state index in [9.17, 15) is 0 Å². The molecule has 1 unspecified atom stereocenters. The molecule has 0 radical (unpaired) electrons. The molecule has 0 amide bonds. The lowest BCUT2D eigenvalue weighted by atomic mass is 10.0. The highest BCUT2D eigenvalue weighted by molar-refractivity contribution is 6.32. The van der Waals surface area contributed by atoms with Gasteiger partial charge >= 0.3 is 0 Å². The van der Waals surface area contributed by atoms with Crippen LogP contribution in [0.5, 0.6) is 5.75 Å². The van der Waals surface area contributed by atoms with Crippen molar-refractivity contribution in [1.82, 2.24) is 0 Å². The highest BCUT2D eigenvalue weighted by atomic mass is 35.5. The molecule has 0 spiro atoms. The van der Waals surface area contributed by atoms with Gasteiger partial charge in [-0.25, -0.2) is 0 Å². The summed E-state index contributed by atoms with van der Waals surface area (Å²) in [5.74, 6) is 0.684. The molecular weight excluding hydrogens is 236 g/mol. The third kappa shape index (κ3) is 3.60. The van der Waals surface area contributed by atoms with E-state index in [0.29, 0.717) is 23.9 Å². The largest absolute Gasteiger partial charge is 0.492 e. The van der Waals surface area contributed by atoms with E-state index in [0.717, 1.165) is 24.0 Å². The fourth-order valence-corrected chi connectivity index (χ4v) is 1.94. The van der Waals surface area contributed by atoms with Crippen molar-refractivity contribution in [3.8, 4) is 5.75 Å². The van der Waals surface area contributed by atoms with Gasteiger partial charge in [-0.2, -0.15) is 0 Å². The molecule has 0 bridgehead atoms. The molecule has 17 heavy (non-hydrogen) atoms. The molecule has 0 aliphatic heterocycles. The average Bonchev–Trinajstić information content (AvgIpc) is 2.35. The zero-order chi connectivity index (χ0) is 12.8. The Morgan fingerprint density at radius 1 is 1.35 bits per heavy atom. The number of aryl methyl sites for hydroxylation is 1. The van der Waals surface area contributed by atoms with E-state index in [2.05, 4.69) is 13.8 Å². The number of rotatable bonds is 6. The van der Waals surface area contributed by atoms with E-state index in [1.807, 2.05) is 12.1 Å². The van der Waals surface area contributed by atoms with E-state index in [1.165, 1.54) is 0 Å². The Balaban J connectivity index is 3.14. The predicted molar refractivity (Wildman–Crippen MR) is 72.6 cm³/mol. The lowest BCUT2D eigenvalue weighted by molar-refractivity contribution is 0.312. The van der Waals surface area contributed by atoms with Crippen LogP contribution in [0.1, 0.15) is 37.4 Å². The van der Waals surface area contributed by atoms with Gasteiger partial charge in [0.05, 0.1) is 11.6 Å². The Bertz CT molecular complexity index is 369. The van der Waals surface area contributed by atoms with Crippen molar-refractivity contribution in [3.05, 3.63) is 28.3 Å². The van der Waals surface area contributed by atoms with E-state index >= 15 is 0 Å². The normalized spacial score (nSPS) is 12.5. The zero-order valence-electron chi connectivity index (χ0n) is 10.5. The first-order chi connectivity index (χ1) is 8.13. The first kappa shape index (κ1) is 14.3. The first-order valence-electron chi connectivity index (χ1n) is 6.04. The van der Waals surface area contributed by atoms with Crippen molar-refractivity contribution < 1.29 is 4.74 Å². The molecule has 0 aliphatic carbocycles. The maximum atomic E-state index is 6.23. The third-order valence-electron chi connectivity index (χ3n) is 2.64. The number of nitrogens with two attached hydrogens (primary N) is 2. The minimum absolute atomic E-state index is 0.231. The summed E-state index contributed by atoms with van der Waals surface area (Å²) in [7, 11) is 0. The fourth-order valence-electron chi connectivity index (χ4n) is 1.64. The van der Waals surface area contributed by atoms with Gasteiger partial charge in [-0.05, 0) is 24.5 Å². The molecule has 0 fully saturated rings. The molecule has 0 saturated heterocycles. The highest BCUT2D eigenvalue weighted by Gasteiger charge is 2.15. The van der Waals surface area contributed by atoms with Gasteiger partial charge in [0.15, 0.2) is 0 Å². The van der Waals surface area contributed by atoms with Gasteiger partial charge in [0.1, 0.15) is 5.75 Å². The van der Waals surface area contributed by atoms with E-state index < -0.39 is 0 Å². The molecular formula is C13H21ClN2O. The molecule has 0 aromatic heterocycles. The van der Waals surface area contributed by atoms with Gasteiger partial charge in [0.25, 0.3) is 0 Å². The van der Waals surface area contributed by atoms with Crippen LogP contribution in [0.25, 0.3) is 0 Å². The van der Waals surface area contributed by atoms with Crippen LogP contribution in [0.4, 0.5) is 0 Å². The van der Waals surface area contributed by atoms with Gasteiger partial charge in [0, 0.05) is 18.2 Å². The average molecular weight is 257 g/mol. The second-order valence-corrected chi connectivity index (χ2v) is 4.45. The van der Waals surface area contributed by atoms with Crippen LogP contribution in [0.15, 0.2) is 12.1 Å². The summed E-state index contributed by atoms with van der Waals surface area (Å²) in [6, 6.07) is 3.74. The van der Waals surface area contributed by atoms with Gasteiger partial charge in [0.2, 0.25) is 0 Å². The van der Waals surface area contributed by atoms with Crippen LogP contribution in [0.2, 0.25) is 5.02 Å². The summed E-state index contributed by atoms with van der Waals surface area (Å²) in [5, 5.41) is 0.622. The molecule has 0 aliphatic rings. The standard InChI is InChI=1S/C13H21ClN2O/c1-3-5-17-13-10(12(16)8-15)6-9(4-2)7-11(13)14/h6-7,12H,3-5,8,15-16H2,1-2H3. The summed E-state index contributed by atoms with van der Waals surface area (Å²) in [5.41, 5.74) is 13.7. The molecule has 3 nitrogen and oxygen atoms in total. The minimum Gasteiger partial charge on any atom is -0.492 e. The maximum Gasteiger partial charge on any atom is 0.142 e. The molecule has 1 atom stereocenters. The van der Waals surface area contributed by atoms with Crippen molar-refractivity contribution in [3.63, 3.8) is 0 Å². The van der Waals surface area contributed by atoms with E-state index in [4.69, 9.17) is 27.8 Å². The Labute approximate surface area is 108 Å². The quantitative estimate of drug-likeness (QED) is 0.823. The molecule has 0 heterocycles. The number of hydrogen-bond acceptors (Lipinski definition) is 3. The van der Waals surface area contributed by atoms with Crippen molar-refractivity contribution in [2.45, 2.75) is 32.7 Å². The summed E-state index contributed by atoms with van der Waals surface area (Å²) in [6.07, 6.45) is 1.85. The molecule has 4 heteroatoms. The van der Waals surface area contributed by atoms with E-state index in [1.54, 1.807) is 0 Å². The molecule has 1 aromatic carbocycles. The van der Waals surface area contributed by atoms with Crippen LogP contribution in [-0.2, 0) is 6.42 Å². The van der Waals surface area contributed by atoms with Gasteiger partial charge < -0.3 is 16.2 Å². The topological polar surface area (TPSA) is 61.3 Å². The van der Waals surface area contributed by atoms with Crippen LogP contribution in [-0.4, -0.2) is 13.2 Å². The Hall–Kier alpha value is -0.770. The Kier molecular flexibility index (Phi) is 5.75. The first-order valence-corrected chi connectivity index (χ1v) is 6.42. The molecule has 1 aromatic rings. The Morgan fingerprint density at radius 2 is 2.06 bits per heavy atom. The molecule has 4 N–H and O–H groups in total. The molecule has 0 saturated carbocycles. The second-order valence-electron chi connectivity index (χ2n) is 4.04.